The van der Waals surface area contributed by atoms with Crippen molar-refractivity contribution in [3.8, 4) is 0 Å². The molecule has 1 unspecified atom stereocenters. The summed E-state index contributed by atoms with van der Waals surface area (Å²) in [4.78, 5) is 27.9. The molecule has 21 heavy (non-hydrogen) atoms. The van der Waals surface area contributed by atoms with Gasteiger partial charge in [0.15, 0.2) is 0 Å². The zero-order valence-electron chi connectivity index (χ0n) is 11.8. The molecule has 2 N–H and O–H groups in total. The second-order valence-corrected chi connectivity index (χ2v) is 5.10. The Kier molecular flexibility index (Phi) is 3.17. The van der Waals surface area contributed by atoms with E-state index in [4.69, 9.17) is 0 Å². The first-order valence-electron chi connectivity index (χ1n) is 6.62. The molecule has 7 heteroatoms. The van der Waals surface area contributed by atoms with E-state index in [1.807, 2.05) is 32.0 Å². The number of fused-ring (bicyclic) bond motifs is 1. The first-order chi connectivity index (χ1) is 10.0. The van der Waals surface area contributed by atoms with E-state index in [-0.39, 0.29) is 18.2 Å². The van der Waals surface area contributed by atoms with Crippen LogP contribution in [-0.4, -0.2) is 26.6 Å². The van der Waals surface area contributed by atoms with Gasteiger partial charge in [0.25, 0.3) is 5.91 Å². The van der Waals surface area contributed by atoms with Crippen LogP contribution in [0.5, 0.6) is 0 Å². The summed E-state index contributed by atoms with van der Waals surface area (Å²) in [6, 6.07) is 5.19. The minimum atomic E-state index is -0.646. The van der Waals surface area contributed by atoms with Crippen LogP contribution < -0.4 is 10.6 Å². The third kappa shape index (κ3) is 2.49. The molecule has 0 spiro atoms. The Labute approximate surface area is 121 Å². The van der Waals surface area contributed by atoms with Crippen LogP contribution in [-0.2, 0) is 9.59 Å². The van der Waals surface area contributed by atoms with Crippen LogP contribution in [0.2, 0.25) is 0 Å². The molecule has 1 atom stereocenters. The molecule has 0 saturated heterocycles. The van der Waals surface area contributed by atoms with Gasteiger partial charge >= 0.3 is 0 Å². The van der Waals surface area contributed by atoms with Gasteiger partial charge in [-0.3, -0.25) is 14.9 Å². The van der Waals surface area contributed by atoms with E-state index in [0.717, 1.165) is 16.8 Å². The third-order valence-electron chi connectivity index (χ3n) is 3.45. The zero-order chi connectivity index (χ0) is 15.0. The number of anilines is 2. The van der Waals surface area contributed by atoms with Crippen LogP contribution >= 0.6 is 0 Å². The fourth-order valence-corrected chi connectivity index (χ4v) is 2.30. The molecule has 3 rings (SSSR count). The maximum absolute atomic E-state index is 12.2. The van der Waals surface area contributed by atoms with Crippen LogP contribution in [0.1, 0.15) is 23.6 Å². The normalized spacial score (nSPS) is 16.5. The highest BCUT2D eigenvalue weighted by atomic mass is 16.2. The summed E-state index contributed by atoms with van der Waals surface area (Å²) >= 11 is 0. The number of hydrogen-bond acceptors (Lipinski definition) is 4. The molecule has 0 fully saturated rings. The summed E-state index contributed by atoms with van der Waals surface area (Å²) in [6.45, 7) is 3.88. The standard InChI is InChI=1S/C14H15N5O2/c1-8-3-4-9(2)10(5-8)17-12(20)6-11-13(21)18-14-15-7-16-19(11)14/h3-5,7,11H,6H2,1-2H3,(H,17,20)(H,15,16,18,21). The monoisotopic (exact) mass is 285 g/mol. The van der Waals surface area contributed by atoms with E-state index < -0.39 is 6.04 Å². The summed E-state index contributed by atoms with van der Waals surface area (Å²) in [7, 11) is 0. The summed E-state index contributed by atoms with van der Waals surface area (Å²) < 4.78 is 1.44. The van der Waals surface area contributed by atoms with Crippen molar-refractivity contribution >= 4 is 23.5 Å². The number of hydrogen-bond donors (Lipinski definition) is 2. The molecule has 0 radical (unpaired) electrons. The number of nitrogens with zero attached hydrogens (tertiary/aromatic N) is 3. The second-order valence-electron chi connectivity index (χ2n) is 5.10. The molecular weight excluding hydrogens is 270 g/mol. The summed E-state index contributed by atoms with van der Waals surface area (Å²) in [6.07, 6.45) is 1.37. The van der Waals surface area contributed by atoms with Crippen LogP contribution in [0.25, 0.3) is 0 Å². The average Bonchev–Trinajstić information content (AvgIpc) is 2.97. The van der Waals surface area contributed by atoms with E-state index in [1.54, 1.807) is 0 Å². The van der Waals surface area contributed by atoms with Gasteiger partial charge in [-0.15, -0.1) is 0 Å². The predicted octanol–water partition coefficient (Wildman–Crippen LogP) is 1.42. The quantitative estimate of drug-likeness (QED) is 0.892. The van der Waals surface area contributed by atoms with Gasteiger partial charge in [-0.1, -0.05) is 12.1 Å². The number of rotatable bonds is 3. The first kappa shape index (κ1) is 13.3. The predicted molar refractivity (Wildman–Crippen MR) is 76.9 cm³/mol. The summed E-state index contributed by atoms with van der Waals surface area (Å²) in [5.74, 6) is -0.113. The molecule has 2 aromatic rings. The fraction of sp³-hybridized carbons (Fsp3) is 0.286. The zero-order valence-corrected chi connectivity index (χ0v) is 11.8. The van der Waals surface area contributed by atoms with Crippen molar-refractivity contribution in [3.05, 3.63) is 35.7 Å². The molecular formula is C14H15N5O2. The third-order valence-corrected chi connectivity index (χ3v) is 3.45. The smallest absolute Gasteiger partial charge is 0.252 e. The van der Waals surface area contributed by atoms with Crippen molar-refractivity contribution < 1.29 is 9.59 Å². The minimum Gasteiger partial charge on any atom is -0.326 e. The average molecular weight is 285 g/mol. The molecule has 2 amide bonds. The molecule has 2 heterocycles. The fourth-order valence-electron chi connectivity index (χ4n) is 2.30. The van der Waals surface area contributed by atoms with Crippen molar-refractivity contribution in [2.75, 3.05) is 10.6 Å². The van der Waals surface area contributed by atoms with Gasteiger partial charge in [-0.05, 0) is 31.0 Å². The SMILES string of the molecule is Cc1ccc(C)c(NC(=O)CC2C(=O)Nc3ncnn32)c1. The molecule has 0 bridgehead atoms. The minimum absolute atomic E-state index is 0.0234. The Morgan fingerprint density at radius 1 is 1.43 bits per heavy atom. The topological polar surface area (TPSA) is 88.9 Å². The highest BCUT2D eigenvalue weighted by molar-refractivity contribution is 6.01. The number of aryl methyl sites for hydroxylation is 2. The van der Waals surface area contributed by atoms with Gasteiger partial charge in [0.2, 0.25) is 11.9 Å². The number of aromatic nitrogens is 3. The lowest BCUT2D eigenvalue weighted by molar-refractivity contribution is -0.123. The van der Waals surface area contributed by atoms with E-state index in [2.05, 4.69) is 20.7 Å². The van der Waals surface area contributed by atoms with Crippen molar-refractivity contribution in [3.63, 3.8) is 0 Å². The number of carbonyl (C=O) groups is 2. The molecule has 1 aliphatic heterocycles. The summed E-state index contributed by atoms with van der Waals surface area (Å²) in [5, 5.41) is 9.39. The van der Waals surface area contributed by atoms with Gasteiger partial charge in [-0.25, -0.2) is 4.68 Å². The molecule has 1 aromatic carbocycles. The van der Waals surface area contributed by atoms with E-state index in [9.17, 15) is 9.59 Å². The summed E-state index contributed by atoms with van der Waals surface area (Å²) in [5.41, 5.74) is 2.80. The van der Waals surface area contributed by atoms with Gasteiger partial charge in [0.1, 0.15) is 12.4 Å². The number of nitrogens with one attached hydrogen (secondary N) is 2. The lowest BCUT2D eigenvalue weighted by Gasteiger charge is -2.12. The number of amides is 2. The van der Waals surface area contributed by atoms with Gasteiger partial charge in [0, 0.05) is 5.69 Å². The highest BCUT2D eigenvalue weighted by Gasteiger charge is 2.33. The molecule has 108 valence electrons. The van der Waals surface area contributed by atoms with Crippen molar-refractivity contribution in [2.45, 2.75) is 26.3 Å². The highest BCUT2D eigenvalue weighted by Crippen LogP contribution is 2.24. The molecule has 1 aromatic heterocycles. The van der Waals surface area contributed by atoms with Crippen molar-refractivity contribution in [2.24, 2.45) is 0 Å². The van der Waals surface area contributed by atoms with E-state index in [0.29, 0.717) is 5.95 Å². The molecule has 0 saturated carbocycles. The van der Waals surface area contributed by atoms with Gasteiger partial charge < -0.3 is 5.32 Å². The lowest BCUT2D eigenvalue weighted by Crippen LogP contribution is -2.23. The Balaban J connectivity index is 1.73. The molecule has 7 nitrogen and oxygen atoms in total. The molecule has 1 aliphatic rings. The Morgan fingerprint density at radius 3 is 3.05 bits per heavy atom. The molecule has 0 aliphatic carbocycles. The first-order valence-corrected chi connectivity index (χ1v) is 6.62. The second kappa shape index (κ2) is 5.01. The number of carbonyl (C=O) groups excluding carboxylic acids is 2. The number of benzene rings is 1. The van der Waals surface area contributed by atoms with Crippen molar-refractivity contribution in [1.29, 1.82) is 0 Å². The Morgan fingerprint density at radius 2 is 2.24 bits per heavy atom. The maximum atomic E-state index is 12.2. The van der Waals surface area contributed by atoms with Gasteiger partial charge in [-0.2, -0.15) is 10.1 Å². The maximum Gasteiger partial charge on any atom is 0.252 e. The van der Waals surface area contributed by atoms with Crippen LogP contribution in [0.4, 0.5) is 11.6 Å². The Bertz CT molecular complexity index is 722. The van der Waals surface area contributed by atoms with Gasteiger partial charge in [0.05, 0.1) is 6.42 Å². The lowest BCUT2D eigenvalue weighted by atomic mass is 10.1. The van der Waals surface area contributed by atoms with Crippen molar-refractivity contribution in [1.82, 2.24) is 14.8 Å². The van der Waals surface area contributed by atoms with E-state index >= 15 is 0 Å². The van der Waals surface area contributed by atoms with Crippen LogP contribution in [0, 0.1) is 13.8 Å². The van der Waals surface area contributed by atoms with Crippen LogP contribution in [0.3, 0.4) is 0 Å². The Hall–Kier alpha value is -2.70. The van der Waals surface area contributed by atoms with Crippen LogP contribution in [0.15, 0.2) is 24.5 Å². The largest absolute Gasteiger partial charge is 0.326 e. The van der Waals surface area contributed by atoms with E-state index in [1.165, 1.54) is 11.0 Å².